The van der Waals surface area contributed by atoms with Gasteiger partial charge in [0.25, 0.3) is 0 Å². The minimum absolute atomic E-state index is 0.0266. The Labute approximate surface area is 107 Å². The van der Waals surface area contributed by atoms with Crippen LogP contribution < -0.4 is 0 Å². The van der Waals surface area contributed by atoms with Crippen LogP contribution in [0.1, 0.15) is 40.5 Å². The molecule has 0 radical (unpaired) electrons. The second kappa shape index (κ2) is 6.61. The van der Waals surface area contributed by atoms with Crippen molar-refractivity contribution in [2.45, 2.75) is 40.5 Å². The maximum atomic E-state index is 11.8. The van der Waals surface area contributed by atoms with E-state index in [0.29, 0.717) is 12.8 Å². The van der Waals surface area contributed by atoms with Crippen LogP contribution in [0.4, 0.5) is 0 Å². The number of hydrogen-bond donors (Lipinski definition) is 0. The van der Waals surface area contributed by atoms with Gasteiger partial charge in [-0.15, -0.1) is 0 Å². The highest BCUT2D eigenvalue weighted by atomic mass is 33.5. The minimum Gasteiger partial charge on any atom is -0.212 e. The number of allylic oxidation sites excluding steroid dienone is 4. The fraction of sp³-hybridized carbons (Fsp3) is 0.600. The Bertz CT molecular complexity index is 462. The molecule has 17 heavy (non-hydrogen) atoms. The molecule has 0 saturated carbocycles. The summed E-state index contributed by atoms with van der Waals surface area (Å²) in [6.07, 6.45) is 3.44. The summed E-state index contributed by atoms with van der Waals surface area (Å²) < 4.78 is 47.3. The summed E-state index contributed by atoms with van der Waals surface area (Å²) in [6.45, 7) is 6.52. The van der Waals surface area contributed by atoms with Crippen molar-refractivity contribution in [3.05, 3.63) is 22.0 Å². The van der Waals surface area contributed by atoms with Gasteiger partial charge in [-0.2, -0.15) is 0 Å². The van der Waals surface area contributed by atoms with Gasteiger partial charge < -0.3 is 0 Å². The van der Waals surface area contributed by atoms with Crippen LogP contribution in [0.3, 0.4) is 0 Å². The molecule has 0 unspecified atom stereocenters. The molecule has 100 valence electrons. The molecule has 4 nitrogen and oxygen atoms in total. The van der Waals surface area contributed by atoms with Gasteiger partial charge in [-0.25, -0.2) is 16.8 Å². The molecule has 0 heterocycles. The van der Waals surface area contributed by atoms with Gasteiger partial charge >= 0.3 is 0 Å². The van der Waals surface area contributed by atoms with Crippen molar-refractivity contribution in [3.8, 4) is 0 Å². The van der Waals surface area contributed by atoms with E-state index in [1.165, 1.54) is 12.2 Å². The van der Waals surface area contributed by atoms with Gasteiger partial charge in [-0.1, -0.05) is 26.0 Å². The summed E-state index contributed by atoms with van der Waals surface area (Å²) in [4.78, 5) is 0.273. The molecule has 0 aromatic carbocycles. The molecule has 0 aliphatic heterocycles. The lowest BCUT2D eigenvalue weighted by molar-refractivity contribution is 0.612. The standard InChI is InChI=1S/C10H18O4S3/c1-5-9(6-2)16(11,12)15-17(13,14)10(7-3)8-4/h5,7H,6,8H2,1-4H3. The maximum absolute atomic E-state index is 11.8. The Morgan fingerprint density at radius 1 is 0.882 bits per heavy atom. The first-order chi connectivity index (χ1) is 7.75. The summed E-state index contributed by atoms with van der Waals surface area (Å²) in [5, 5.41) is 0. The molecule has 0 spiro atoms. The lowest BCUT2D eigenvalue weighted by atomic mass is 10.4. The third-order valence-corrected chi connectivity index (χ3v) is 10.4. The number of hydrogen-bond acceptors (Lipinski definition) is 5. The lowest BCUT2D eigenvalue weighted by Gasteiger charge is -2.07. The molecule has 0 fully saturated rings. The van der Waals surface area contributed by atoms with Crippen molar-refractivity contribution < 1.29 is 16.8 Å². The predicted molar refractivity (Wildman–Crippen MR) is 73.5 cm³/mol. The smallest absolute Gasteiger partial charge is 0.212 e. The highest BCUT2D eigenvalue weighted by Crippen LogP contribution is 2.34. The average Bonchev–Trinajstić information content (AvgIpc) is 2.18. The highest BCUT2D eigenvalue weighted by Gasteiger charge is 2.28. The molecular weight excluding hydrogens is 280 g/mol. The summed E-state index contributed by atoms with van der Waals surface area (Å²) in [7, 11) is -7.57. The van der Waals surface area contributed by atoms with E-state index in [9.17, 15) is 16.8 Å². The van der Waals surface area contributed by atoms with E-state index < -0.39 is 17.7 Å². The SMILES string of the molecule is CC=C(CC)S(=O)(=O)SS(=O)(=O)C(=CC)CC. The van der Waals surface area contributed by atoms with Crippen LogP contribution >= 0.6 is 9.83 Å². The monoisotopic (exact) mass is 298 g/mol. The first kappa shape index (κ1) is 16.7. The van der Waals surface area contributed by atoms with E-state index in [0.717, 1.165) is 0 Å². The third-order valence-electron chi connectivity index (χ3n) is 2.16. The van der Waals surface area contributed by atoms with Crippen molar-refractivity contribution in [2.24, 2.45) is 0 Å². The van der Waals surface area contributed by atoms with E-state index >= 15 is 0 Å². The molecule has 0 atom stereocenters. The van der Waals surface area contributed by atoms with Gasteiger partial charge in [0.1, 0.15) is 9.83 Å². The summed E-state index contributed by atoms with van der Waals surface area (Å²) in [6, 6.07) is 0. The van der Waals surface area contributed by atoms with Crippen molar-refractivity contribution in [2.75, 3.05) is 0 Å². The first-order valence-electron chi connectivity index (χ1n) is 5.26. The molecule has 0 amide bonds. The molecule has 0 aliphatic rings. The zero-order valence-electron chi connectivity index (χ0n) is 10.4. The predicted octanol–water partition coefficient (Wildman–Crippen LogP) is 3.01. The first-order valence-corrected chi connectivity index (χ1v) is 10.1. The molecule has 7 heteroatoms. The van der Waals surface area contributed by atoms with Crippen LogP contribution in [0.25, 0.3) is 0 Å². The molecule has 0 saturated heterocycles. The zero-order chi connectivity index (χ0) is 13.7. The average molecular weight is 298 g/mol. The van der Waals surface area contributed by atoms with Crippen molar-refractivity contribution >= 4 is 27.6 Å². The Kier molecular flexibility index (Phi) is 6.50. The van der Waals surface area contributed by atoms with Gasteiger partial charge in [0.05, 0.1) is 9.81 Å². The Balaban J connectivity index is 5.38. The van der Waals surface area contributed by atoms with Crippen molar-refractivity contribution in [1.29, 1.82) is 0 Å². The largest absolute Gasteiger partial charge is 0.240 e. The van der Waals surface area contributed by atoms with Crippen LogP contribution in [-0.2, 0) is 17.7 Å². The molecular formula is C10H18O4S3. The van der Waals surface area contributed by atoms with Crippen LogP contribution in [0.2, 0.25) is 0 Å². The van der Waals surface area contributed by atoms with Gasteiger partial charge in [-0.05, 0) is 26.7 Å². The normalized spacial score (nSPS) is 15.1. The summed E-state index contributed by atoms with van der Waals surface area (Å²) in [5.74, 6) is 0. The third kappa shape index (κ3) is 4.48. The van der Waals surface area contributed by atoms with E-state index in [1.54, 1.807) is 27.7 Å². The van der Waals surface area contributed by atoms with E-state index in [4.69, 9.17) is 0 Å². The quantitative estimate of drug-likeness (QED) is 0.705. The Hall–Kier alpha value is -0.270. The molecule has 0 aromatic rings. The van der Waals surface area contributed by atoms with Gasteiger partial charge in [0.15, 0.2) is 0 Å². The van der Waals surface area contributed by atoms with E-state index in [1.807, 2.05) is 0 Å². The second-order valence-electron chi connectivity index (χ2n) is 3.19. The van der Waals surface area contributed by atoms with Gasteiger partial charge in [0, 0.05) is 0 Å². The minimum atomic E-state index is -3.80. The number of rotatable bonds is 6. The van der Waals surface area contributed by atoms with Crippen molar-refractivity contribution in [1.82, 2.24) is 0 Å². The maximum Gasteiger partial charge on any atom is 0.240 e. The Morgan fingerprint density at radius 2 is 1.18 bits per heavy atom. The van der Waals surface area contributed by atoms with Gasteiger partial charge in [-0.3, -0.25) is 0 Å². The lowest BCUT2D eigenvalue weighted by Crippen LogP contribution is -2.06. The fourth-order valence-corrected chi connectivity index (χ4v) is 9.16. The fourth-order valence-electron chi connectivity index (χ4n) is 1.26. The second-order valence-corrected chi connectivity index (χ2v) is 10.5. The van der Waals surface area contributed by atoms with Crippen LogP contribution in [0.15, 0.2) is 22.0 Å². The topological polar surface area (TPSA) is 68.3 Å². The van der Waals surface area contributed by atoms with Crippen LogP contribution in [0, 0.1) is 0 Å². The van der Waals surface area contributed by atoms with Crippen LogP contribution in [-0.4, -0.2) is 16.8 Å². The zero-order valence-corrected chi connectivity index (χ0v) is 12.9. The Morgan fingerprint density at radius 3 is 1.35 bits per heavy atom. The van der Waals surface area contributed by atoms with Gasteiger partial charge in [0.2, 0.25) is 17.7 Å². The molecule has 0 aliphatic carbocycles. The summed E-state index contributed by atoms with van der Waals surface area (Å²) in [5.41, 5.74) is 0. The van der Waals surface area contributed by atoms with E-state index in [-0.39, 0.29) is 19.6 Å². The molecule has 0 bridgehead atoms. The van der Waals surface area contributed by atoms with Crippen LogP contribution in [0.5, 0.6) is 0 Å². The molecule has 0 aromatic heterocycles. The summed E-state index contributed by atoms with van der Waals surface area (Å²) >= 11 is 0. The molecule has 0 rings (SSSR count). The van der Waals surface area contributed by atoms with Crippen molar-refractivity contribution in [3.63, 3.8) is 0 Å². The van der Waals surface area contributed by atoms with E-state index in [2.05, 4.69) is 0 Å². The highest BCUT2D eigenvalue weighted by molar-refractivity contribution is 9.05. The molecule has 0 N–H and O–H groups in total.